The highest BCUT2D eigenvalue weighted by atomic mass is 35.5. The molecule has 0 aliphatic heterocycles. The SMILES string of the molecule is O=C(O)C=Cc1ccc(Oc2c(-c3ccccc3Cl)sc3cc(O)ccc23)cc1. The lowest BCUT2D eigenvalue weighted by Gasteiger charge is -2.09. The Balaban J connectivity index is 1.77. The van der Waals surface area contributed by atoms with Crippen molar-refractivity contribution in [2.24, 2.45) is 0 Å². The molecule has 6 heteroatoms. The number of carbonyl (C=O) groups is 1. The number of hydrogen-bond acceptors (Lipinski definition) is 4. The van der Waals surface area contributed by atoms with Gasteiger partial charge in [0.2, 0.25) is 0 Å². The van der Waals surface area contributed by atoms with Gasteiger partial charge in [0.15, 0.2) is 5.75 Å². The number of aromatic hydroxyl groups is 1. The van der Waals surface area contributed by atoms with Crippen molar-refractivity contribution < 1.29 is 19.7 Å². The third kappa shape index (κ3) is 4.11. The maximum atomic E-state index is 10.7. The van der Waals surface area contributed by atoms with Gasteiger partial charge in [-0.3, -0.25) is 0 Å². The second-order valence-corrected chi connectivity index (χ2v) is 7.72. The van der Waals surface area contributed by atoms with Crippen molar-refractivity contribution in [2.75, 3.05) is 0 Å². The summed E-state index contributed by atoms with van der Waals surface area (Å²) >= 11 is 7.91. The van der Waals surface area contributed by atoms with Crippen LogP contribution in [0.4, 0.5) is 0 Å². The maximum Gasteiger partial charge on any atom is 0.328 e. The number of ether oxygens (including phenoxy) is 1. The summed E-state index contributed by atoms with van der Waals surface area (Å²) in [6.07, 6.45) is 2.61. The average molecular weight is 423 g/mol. The predicted molar refractivity (Wildman–Crippen MR) is 117 cm³/mol. The van der Waals surface area contributed by atoms with Gasteiger partial charge in [-0.25, -0.2) is 4.79 Å². The Labute approximate surface area is 175 Å². The summed E-state index contributed by atoms with van der Waals surface area (Å²) in [5.74, 6) is 0.457. The Bertz CT molecular complexity index is 1230. The van der Waals surface area contributed by atoms with Crippen LogP contribution in [-0.4, -0.2) is 16.2 Å². The summed E-state index contributed by atoms with van der Waals surface area (Å²) in [6.45, 7) is 0. The molecule has 29 heavy (non-hydrogen) atoms. The second-order valence-electron chi connectivity index (χ2n) is 6.26. The summed E-state index contributed by atoms with van der Waals surface area (Å²) < 4.78 is 7.11. The zero-order chi connectivity index (χ0) is 20.4. The number of carboxylic acids is 1. The lowest BCUT2D eigenvalue weighted by molar-refractivity contribution is -0.131. The van der Waals surface area contributed by atoms with E-state index in [1.807, 2.05) is 30.3 Å². The fraction of sp³-hybridized carbons (Fsp3) is 0. The molecular weight excluding hydrogens is 408 g/mol. The number of benzene rings is 3. The van der Waals surface area contributed by atoms with Gasteiger partial charge in [0, 0.05) is 26.7 Å². The second kappa shape index (κ2) is 7.99. The van der Waals surface area contributed by atoms with Gasteiger partial charge in [-0.1, -0.05) is 41.9 Å². The Morgan fingerprint density at radius 3 is 2.52 bits per heavy atom. The van der Waals surface area contributed by atoms with Crippen molar-refractivity contribution in [3.63, 3.8) is 0 Å². The maximum absolute atomic E-state index is 10.7. The lowest BCUT2D eigenvalue weighted by Crippen LogP contribution is -1.87. The number of phenols is 1. The molecule has 4 nitrogen and oxygen atoms in total. The van der Waals surface area contributed by atoms with E-state index in [0.29, 0.717) is 16.5 Å². The number of aliphatic carboxylic acids is 1. The molecule has 0 saturated heterocycles. The molecule has 0 fully saturated rings. The third-order valence-corrected chi connectivity index (χ3v) is 5.76. The van der Waals surface area contributed by atoms with Crippen molar-refractivity contribution in [3.8, 4) is 27.7 Å². The number of carboxylic acid groups (broad SMARTS) is 1. The summed E-state index contributed by atoms with van der Waals surface area (Å²) in [6, 6.07) is 19.8. The molecule has 0 radical (unpaired) electrons. The van der Waals surface area contributed by atoms with Crippen molar-refractivity contribution in [1.29, 1.82) is 0 Å². The molecule has 0 unspecified atom stereocenters. The number of thiophene rings is 1. The molecule has 1 heterocycles. The van der Waals surface area contributed by atoms with Crippen LogP contribution in [0.5, 0.6) is 17.2 Å². The first-order valence-electron chi connectivity index (χ1n) is 8.70. The van der Waals surface area contributed by atoms with E-state index in [2.05, 4.69) is 0 Å². The van der Waals surface area contributed by atoms with Gasteiger partial charge < -0.3 is 14.9 Å². The molecule has 2 N–H and O–H groups in total. The first kappa shape index (κ1) is 19.1. The number of fused-ring (bicyclic) bond motifs is 1. The van der Waals surface area contributed by atoms with Crippen LogP contribution < -0.4 is 4.74 Å². The highest BCUT2D eigenvalue weighted by Crippen LogP contribution is 2.48. The van der Waals surface area contributed by atoms with E-state index in [1.165, 1.54) is 17.4 Å². The highest BCUT2D eigenvalue weighted by molar-refractivity contribution is 7.22. The van der Waals surface area contributed by atoms with Crippen LogP contribution in [-0.2, 0) is 4.79 Å². The van der Waals surface area contributed by atoms with Gasteiger partial charge in [0.1, 0.15) is 11.5 Å². The fourth-order valence-electron chi connectivity index (χ4n) is 2.92. The topological polar surface area (TPSA) is 66.8 Å². The van der Waals surface area contributed by atoms with Crippen LogP contribution >= 0.6 is 22.9 Å². The van der Waals surface area contributed by atoms with Gasteiger partial charge >= 0.3 is 5.97 Å². The molecule has 0 bridgehead atoms. The van der Waals surface area contributed by atoms with Gasteiger partial charge in [0.05, 0.1) is 4.88 Å². The van der Waals surface area contributed by atoms with Crippen LogP contribution in [0.25, 0.3) is 26.6 Å². The van der Waals surface area contributed by atoms with Gasteiger partial charge in [-0.05, 0) is 48.0 Å². The number of phenolic OH excluding ortho intramolecular Hbond substituents is 1. The van der Waals surface area contributed by atoms with Crippen LogP contribution in [0.3, 0.4) is 0 Å². The summed E-state index contributed by atoms with van der Waals surface area (Å²) in [5.41, 5.74) is 1.61. The zero-order valence-corrected chi connectivity index (χ0v) is 16.6. The number of hydrogen-bond donors (Lipinski definition) is 2. The average Bonchev–Trinajstić information content (AvgIpc) is 3.05. The minimum Gasteiger partial charge on any atom is -0.508 e. The highest BCUT2D eigenvalue weighted by Gasteiger charge is 2.18. The van der Waals surface area contributed by atoms with Crippen molar-refractivity contribution >= 4 is 45.1 Å². The monoisotopic (exact) mass is 422 g/mol. The predicted octanol–water partition coefficient (Wildman–Crippen LogP) is 6.82. The van der Waals surface area contributed by atoms with Crippen molar-refractivity contribution in [1.82, 2.24) is 0 Å². The molecule has 0 atom stereocenters. The summed E-state index contributed by atoms with van der Waals surface area (Å²) in [5, 5.41) is 20.1. The summed E-state index contributed by atoms with van der Waals surface area (Å²) in [7, 11) is 0. The molecule has 1 aromatic heterocycles. The van der Waals surface area contributed by atoms with Crippen molar-refractivity contribution in [3.05, 3.63) is 83.4 Å². The third-order valence-electron chi connectivity index (χ3n) is 4.26. The van der Waals surface area contributed by atoms with Crippen LogP contribution in [0.1, 0.15) is 5.56 Å². The first-order valence-corrected chi connectivity index (χ1v) is 9.90. The normalized spacial score (nSPS) is 11.2. The molecule has 0 spiro atoms. The molecule has 0 amide bonds. The molecule has 144 valence electrons. The van der Waals surface area contributed by atoms with E-state index >= 15 is 0 Å². The smallest absolute Gasteiger partial charge is 0.328 e. The quantitative estimate of drug-likeness (QED) is 0.346. The Morgan fingerprint density at radius 1 is 1.03 bits per heavy atom. The van der Waals surface area contributed by atoms with Gasteiger partial charge in [0.25, 0.3) is 0 Å². The van der Waals surface area contributed by atoms with E-state index in [9.17, 15) is 9.90 Å². The molecule has 0 aliphatic carbocycles. The first-order chi connectivity index (χ1) is 14.0. The van der Waals surface area contributed by atoms with Gasteiger partial charge in [-0.15, -0.1) is 11.3 Å². The molecule has 4 aromatic rings. The van der Waals surface area contributed by atoms with Gasteiger partial charge in [-0.2, -0.15) is 0 Å². The zero-order valence-electron chi connectivity index (χ0n) is 15.0. The number of halogens is 1. The Kier molecular flexibility index (Phi) is 5.25. The van der Waals surface area contributed by atoms with Crippen molar-refractivity contribution in [2.45, 2.75) is 0 Å². The lowest BCUT2D eigenvalue weighted by atomic mass is 10.1. The Morgan fingerprint density at radius 2 is 1.79 bits per heavy atom. The molecule has 3 aromatic carbocycles. The standard InChI is InChI=1S/C23H15ClO4S/c24-19-4-2-1-3-17(19)23-22(18-11-8-15(25)13-20(18)29-23)28-16-9-5-14(6-10-16)7-12-21(26)27/h1-13,25H,(H,26,27). The molecular formula is C23H15ClO4S. The van der Waals surface area contributed by atoms with E-state index in [0.717, 1.165) is 32.2 Å². The fourth-order valence-corrected chi connectivity index (χ4v) is 4.41. The minimum atomic E-state index is -0.997. The minimum absolute atomic E-state index is 0.186. The largest absolute Gasteiger partial charge is 0.508 e. The van der Waals surface area contributed by atoms with E-state index in [-0.39, 0.29) is 5.75 Å². The molecule has 0 saturated carbocycles. The van der Waals surface area contributed by atoms with E-state index < -0.39 is 5.97 Å². The summed E-state index contributed by atoms with van der Waals surface area (Å²) in [4.78, 5) is 11.5. The van der Waals surface area contributed by atoms with E-state index in [4.69, 9.17) is 21.4 Å². The Hall–Kier alpha value is -3.28. The van der Waals surface area contributed by atoms with E-state index in [1.54, 1.807) is 36.4 Å². The van der Waals surface area contributed by atoms with Crippen LogP contribution in [0.15, 0.2) is 72.8 Å². The van der Waals surface area contributed by atoms with Crippen LogP contribution in [0, 0.1) is 0 Å². The molecule has 0 aliphatic rings. The van der Waals surface area contributed by atoms with Crippen LogP contribution in [0.2, 0.25) is 5.02 Å². The molecule has 4 rings (SSSR count). The number of rotatable bonds is 5.